The van der Waals surface area contributed by atoms with Crippen molar-refractivity contribution in [2.45, 2.75) is 45.1 Å². The number of nitrogens with zero attached hydrogens (tertiary/aromatic N) is 2. The zero-order valence-electron chi connectivity index (χ0n) is 20.4. The molecule has 0 unspecified atom stereocenters. The molecule has 0 spiro atoms. The summed E-state index contributed by atoms with van der Waals surface area (Å²) in [6, 6.07) is 23.9. The maximum absolute atomic E-state index is 13.8. The first-order chi connectivity index (χ1) is 17.4. The van der Waals surface area contributed by atoms with Gasteiger partial charge in [-0.1, -0.05) is 85.8 Å². The summed E-state index contributed by atoms with van der Waals surface area (Å²) in [7, 11) is 0. The van der Waals surface area contributed by atoms with Gasteiger partial charge in [-0.2, -0.15) is 0 Å². The van der Waals surface area contributed by atoms with Crippen LogP contribution in [0.1, 0.15) is 48.6 Å². The van der Waals surface area contributed by atoms with Crippen LogP contribution in [0.15, 0.2) is 91.3 Å². The van der Waals surface area contributed by atoms with E-state index in [1.807, 2.05) is 42.5 Å². The Labute approximate surface area is 210 Å². The number of alkyl halides is 2. The number of ketones is 1. The van der Waals surface area contributed by atoms with E-state index in [4.69, 9.17) is 0 Å². The lowest BCUT2D eigenvalue weighted by Gasteiger charge is -2.17. The molecule has 0 saturated carbocycles. The fourth-order valence-electron chi connectivity index (χ4n) is 4.05. The highest BCUT2D eigenvalue weighted by Gasteiger charge is 2.28. The number of benzene rings is 3. The number of hydrogen-bond donors (Lipinski definition) is 1. The molecule has 0 aliphatic carbocycles. The van der Waals surface area contributed by atoms with E-state index in [1.165, 1.54) is 19.1 Å². The van der Waals surface area contributed by atoms with E-state index in [1.54, 1.807) is 24.5 Å². The van der Waals surface area contributed by atoms with E-state index in [0.717, 1.165) is 27.9 Å². The van der Waals surface area contributed by atoms with Crippen LogP contribution in [0.25, 0.3) is 11.3 Å². The summed E-state index contributed by atoms with van der Waals surface area (Å²) in [6.07, 6.45) is 3.54. The smallest absolute Gasteiger partial charge is 0.273 e. The maximum atomic E-state index is 13.8. The van der Waals surface area contributed by atoms with Gasteiger partial charge in [0.2, 0.25) is 0 Å². The van der Waals surface area contributed by atoms with Crippen molar-refractivity contribution in [1.29, 1.82) is 0 Å². The van der Waals surface area contributed by atoms with Crippen LogP contribution in [-0.4, -0.2) is 15.8 Å². The second-order valence-corrected chi connectivity index (χ2v) is 8.87. The number of halogens is 2. The molecule has 0 fully saturated rings. The molecule has 4 rings (SSSR count). The van der Waals surface area contributed by atoms with E-state index in [9.17, 15) is 13.6 Å². The summed E-state index contributed by atoms with van der Waals surface area (Å²) in [6.45, 7) is 3.53. The summed E-state index contributed by atoms with van der Waals surface area (Å²) >= 11 is 0. The lowest BCUT2D eigenvalue weighted by molar-refractivity contribution is -0.117. The highest BCUT2D eigenvalue weighted by atomic mass is 19.3. The van der Waals surface area contributed by atoms with Gasteiger partial charge in [-0.3, -0.25) is 9.78 Å². The van der Waals surface area contributed by atoms with Crippen molar-refractivity contribution in [3.8, 4) is 11.3 Å². The zero-order valence-corrected chi connectivity index (χ0v) is 20.4. The molecule has 6 heteroatoms. The van der Waals surface area contributed by atoms with Gasteiger partial charge in [-0.15, -0.1) is 0 Å². The summed E-state index contributed by atoms with van der Waals surface area (Å²) < 4.78 is 27.6. The number of rotatable bonds is 10. The van der Waals surface area contributed by atoms with Crippen molar-refractivity contribution < 1.29 is 13.6 Å². The molecule has 184 valence electrons. The number of carbonyl (C=O) groups excluding carboxylic acids is 1. The Bertz CT molecular complexity index is 1290. The van der Waals surface area contributed by atoms with E-state index in [-0.39, 0.29) is 36.7 Å². The lowest BCUT2D eigenvalue weighted by atomic mass is 9.99. The van der Waals surface area contributed by atoms with Crippen LogP contribution in [0.4, 0.5) is 14.6 Å². The summed E-state index contributed by atoms with van der Waals surface area (Å²) in [4.78, 5) is 21.6. The minimum atomic E-state index is -2.84. The first-order valence-electron chi connectivity index (χ1n) is 12.1. The minimum absolute atomic E-state index is 0.0205. The molecule has 1 atom stereocenters. The van der Waals surface area contributed by atoms with Crippen LogP contribution in [0, 0.1) is 0 Å². The molecule has 36 heavy (non-hydrogen) atoms. The van der Waals surface area contributed by atoms with Gasteiger partial charge in [0, 0.05) is 42.8 Å². The van der Waals surface area contributed by atoms with E-state index in [0.29, 0.717) is 5.82 Å². The Morgan fingerprint density at radius 2 is 1.44 bits per heavy atom. The number of aromatic nitrogens is 2. The molecule has 4 nitrogen and oxygen atoms in total. The standard InChI is InChI=1S/C30H29F2N3O/c1-3-30(31,32)26-15-11-23(12-16-26)20-27(36)19-22-9-13-25(14-10-22)28-29(34-18-17-33-28)35-21(2)24-7-5-4-6-8-24/h4-18,21H,3,19-20H2,1-2H3,(H,34,35)/t21-/m1/s1. The Balaban J connectivity index is 1.41. The van der Waals surface area contributed by atoms with Gasteiger partial charge in [0.1, 0.15) is 11.5 Å². The van der Waals surface area contributed by atoms with E-state index >= 15 is 0 Å². The topological polar surface area (TPSA) is 54.9 Å². The zero-order chi connectivity index (χ0) is 25.5. The van der Waals surface area contributed by atoms with Crippen molar-refractivity contribution in [2.24, 2.45) is 0 Å². The molecule has 0 amide bonds. The fraction of sp³-hybridized carbons (Fsp3) is 0.233. The lowest BCUT2D eigenvalue weighted by Crippen LogP contribution is -2.12. The van der Waals surface area contributed by atoms with Crippen molar-refractivity contribution in [1.82, 2.24) is 9.97 Å². The van der Waals surface area contributed by atoms with Crippen LogP contribution in [0.3, 0.4) is 0 Å². The van der Waals surface area contributed by atoms with Gasteiger partial charge in [0.05, 0.1) is 6.04 Å². The van der Waals surface area contributed by atoms with Gasteiger partial charge in [0.15, 0.2) is 5.82 Å². The predicted octanol–water partition coefficient (Wildman–Crippen LogP) is 7.17. The molecule has 0 aliphatic rings. The summed E-state index contributed by atoms with van der Waals surface area (Å²) in [5, 5.41) is 3.44. The molecule has 0 radical (unpaired) electrons. The first-order valence-corrected chi connectivity index (χ1v) is 12.1. The number of hydrogen-bond acceptors (Lipinski definition) is 4. The maximum Gasteiger partial charge on any atom is 0.273 e. The molecular formula is C30H29F2N3O. The second-order valence-electron chi connectivity index (χ2n) is 8.87. The SMILES string of the molecule is CCC(F)(F)c1ccc(CC(=O)Cc2ccc(-c3nccnc3N[C@H](C)c3ccccc3)cc2)cc1. The molecule has 0 bridgehead atoms. The minimum Gasteiger partial charge on any atom is -0.362 e. The highest BCUT2D eigenvalue weighted by Crippen LogP contribution is 2.31. The van der Waals surface area contributed by atoms with E-state index in [2.05, 4.69) is 34.3 Å². The van der Waals surface area contributed by atoms with Crippen molar-refractivity contribution in [3.63, 3.8) is 0 Å². The van der Waals surface area contributed by atoms with Gasteiger partial charge >= 0.3 is 0 Å². The quantitative estimate of drug-likeness (QED) is 0.259. The molecule has 1 heterocycles. The Morgan fingerprint density at radius 3 is 2.06 bits per heavy atom. The van der Waals surface area contributed by atoms with Gasteiger partial charge in [-0.05, 0) is 23.6 Å². The number of carbonyl (C=O) groups is 1. The van der Waals surface area contributed by atoms with Crippen molar-refractivity contribution in [3.05, 3.63) is 114 Å². The van der Waals surface area contributed by atoms with Crippen LogP contribution in [-0.2, 0) is 23.6 Å². The number of nitrogens with one attached hydrogen (secondary N) is 1. The fourth-order valence-corrected chi connectivity index (χ4v) is 4.05. The predicted molar refractivity (Wildman–Crippen MR) is 139 cm³/mol. The molecular weight excluding hydrogens is 456 g/mol. The van der Waals surface area contributed by atoms with Crippen LogP contribution < -0.4 is 5.32 Å². The van der Waals surface area contributed by atoms with Crippen LogP contribution in [0.2, 0.25) is 0 Å². The highest BCUT2D eigenvalue weighted by molar-refractivity contribution is 5.83. The Kier molecular flexibility index (Phi) is 7.84. The largest absolute Gasteiger partial charge is 0.362 e. The normalized spacial score (nSPS) is 12.2. The van der Waals surface area contributed by atoms with Crippen LogP contribution in [0.5, 0.6) is 0 Å². The third-order valence-electron chi connectivity index (χ3n) is 6.20. The Hall–Kier alpha value is -3.93. The van der Waals surface area contributed by atoms with Crippen molar-refractivity contribution in [2.75, 3.05) is 5.32 Å². The van der Waals surface area contributed by atoms with Crippen LogP contribution >= 0.6 is 0 Å². The van der Waals surface area contributed by atoms with Gasteiger partial charge in [0.25, 0.3) is 5.92 Å². The molecule has 3 aromatic carbocycles. The first kappa shape index (κ1) is 25.2. The molecule has 1 aromatic heterocycles. The average Bonchev–Trinajstić information content (AvgIpc) is 2.90. The molecule has 1 N–H and O–H groups in total. The summed E-state index contributed by atoms with van der Waals surface area (Å²) in [5.74, 6) is -2.13. The average molecular weight is 486 g/mol. The molecule has 0 aliphatic heterocycles. The Morgan fingerprint density at radius 1 is 0.861 bits per heavy atom. The third kappa shape index (κ3) is 6.19. The van der Waals surface area contributed by atoms with Crippen molar-refractivity contribution >= 4 is 11.6 Å². The molecule has 0 saturated heterocycles. The third-order valence-corrected chi connectivity index (χ3v) is 6.20. The van der Waals surface area contributed by atoms with E-state index < -0.39 is 5.92 Å². The van der Waals surface area contributed by atoms with Gasteiger partial charge in [-0.25, -0.2) is 13.8 Å². The van der Waals surface area contributed by atoms with Gasteiger partial charge < -0.3 is 5.32 Å². The number of anilines is 1. The molecule has 4 aromatic rings. The summed E-state index contributed by atoms with van der Waals surface area (Å²) in [5.41, 5.74) is 4.38. The number of Topliss-reactive ketones (excluding diaryl/α,β-unsaturated/α-hetero) is 1. The monoisotopic (exact) mass is 485 g/mol. The second kappa shape index (κ2) is 11.2.